The first-order valence-electron chi connectivity index (χ1n) is 16.1. The van der Waals surface area contributed by atoms with Crippen molar-refractivity contribution in [3.63, 3.8) is 0 Å². The van der Waals surface area contributed by atoms with Crippen LogP contribution in [0.25, 0.3) is 0 Å². The van der Waals surface area contributed by atoms with Crippen LogP contribution in [0, 0.1) is 0 Å². The lowest BCUT2D eigenvalue weighted by molar-refractivity contribution is -0.291. The molecule has 14 heteroatoms. The molecule has 2 unspecified atom stereocenters. The number of allylic oxidation sites excluding steroid dienone is 9. The highest BCUT2D eigenvalue weighted by molar-refractivity contribution is 6.16. The maximum Gasteiger partial charge on any atom is 0.348 e. The lowest BCUT2D eigenvalue weighted by Gasteiger charge is -2.46. The van der Waals surface area contributed by atoms with E-state index in [1.807, 2.05) is 6.92 Å². The normalized spacial score (nSPS) is 28.3. The molecule has 1 saturated carbocycles. The molecule has 0 bridgehead atoms. The number of carbonyl (C=O) groups is 6. The molecule has 0 aromatic heterocycles. The second-order valence-corrected chi connectivity index (χ2v) is 12.4. The number of ether oxygens (including phenoxy) is 6. The van der Waals surface area contributed by atoms with E-state index in [1.54, 1.807) is 39.0 Å². The number of aliphatic hydroxyl groups is 2. The topological polar surface area (TPSA) is 198 Å². The van der Waals surface area contributed by atoms with Crippen molar-refractivity contribution in [2.24, 2.45) is 0 Å². The summed E-state index contributed by atoms with van der Waals surface area (Å²) in [6, 6.07) is 0. The zero-order chi connectivity index (χ0) is 36.9. The Morgan fingerprint density at radius 2 is 1.22 bits per heavy atom. The van der Waals surface area contributed by atoms with Gasteiger partial charge in [0.2, 0.25) is 0 Å². The van der Waals surface area contributed by atoms with Crippen LogP contribution in [-0.4, -0.2) is 69.3 Å². The SMILES string of the molecule is C/C=C/C(C)=C/C=C1C(=O)OC2(CCC3(CC2)OC(=O)C(=CC=C(C)C=CC2=C(O)OC(C)(CCC(=O)C(O)CC)OC2=O)C(=O)O3)OC1=O. The van der Waals surface area contributed by atoms with Crippen LogP contribution in [0.1, 0.15) is 79.6 Å². The molecule has 268 valence electrons. The molecule has 0 aromatic rings. The van der Waals surface area contributed by atoms with Crippen molar-refractivity contribution in [3.05, 3.63) is 82.4 Å². The minimum absolute atomic E-state index is 0.0806. The minimum Gasteiger partial charge on any atom is -0.480 e. The predicted octanol–water partition coefficient (Wildman–Crippen LogP) is 4.21. The number of Topliss-reactive ketones (excluding diaryl/α,β-unsaturated/α-hetero) is 1. The van der Waals surface area contributed by atoms with Gasteiger partial charge in [-0.3, -0.25) is 4.79 Å². The second-order valence-electron chi connectivity index (χ2n) is 12.4. The minimum atomic E-state index is -1.64. The Labute approximate surface area is 288 Å². The number of carbonyl (C=O) groups excluding carboxylic acids is 6. The van der Waals surface area contributed by atoms with Gasteiger partial charge in [0.05, 0.1) is 0 Å². The largest absolute Gasteiger partial charge is 0.480 e. The molecule has 3 fully saturated rings. The summed E-state index contributed by atoms with van der Waals surface area (Å²) in [5.74, 6) is -10.5. The molecule has 0 aromatic carbocycles. The first kappa shape index (κ1) is 37.6. The van der Waals surface area contributed by atoms with Crippen LogP contribution in [0.3, 0.4) is 0 Å². The maximum absolute atomic E-state index is 12.9. The molecule has 50 heavy (non-hydrogen) atoms. The van der Waals surface area contributed by atoms with Gasteiger partial charge < -0.3 is 38.6 Å². The van der Waals surface area contributed by atoms with E-state index in [2.05, 4.69) is 0 Å². The summed E-state index contributed by atoms with van der Waals surface area (Å²) in [4.78, 5) is 75.7. The lowest BCUT2D eigenvalue weighted by atomic mass is 9.87. The highest BCUT2D eigenvalue weighted by Gasteiger charge is 2.56. The Morgan fingerprint density at radius 1 is 0.760 bits per heavy atom. The third kappa shape index (κ3) is 8.67. The molecule has 2 spiro atoms. The summed E-state index contributed by atoms with van der Waals surface area (Å²) in [6.07, 6.45) is 10.2. The fraction of sp³-hybridized carbons (Fsp3) is 0.444. The molecule has 3 aliphatic heterocycles. The van der Waals surface area contributed by atoms with Crippen LogP contribution < -0.4 is 0 Å². The molecule has 2 atom stereocenters. The van der Waals surface area contributed by atoms with Crippen LogP contribution in [-0.2, 0) is 57.2 Å². The smallest absolute Gasteiger partial charge is 0.348 e. The van der Waals surface area contributed by atoms with Gasteiger partial charge in [-0.15, -0.1) is 0 Å². The van der Waals surface area contributed by atoms with Gasteiger partial charge >= 0.3 is 29.8 Å². The molecular weight excluding hydrogens is 656 g/mol. The highest BCUT2D eigenvalue weighted by Crippen LogP contribution is 2.45. The Morgan fingerprint density at radius 3 is 1.64 bits per heavy atom. The van der Waals surface area contributed by atoms with E-state index in [-0.39, 0.29) is 56.1 Å². The Hall–Kier alpha value is -5.24. The lowest BCUT2D eigenvalue weighted by Crippen LogP contribution is -2.56. The van der Waals surface area contributed by atoms with Gasteiger partial charge in [-0.05, 0) is 45.4 Å². The summed E-state index contributed by atoms with van der Waals surface area (Å²) in [5.41, 5.74) is 0.253. The summed E-state index contributed by atoms with van der Waals surface area (Å²) < 4.78 is 32.7. The van der Waals surface area contributed by atoms with Gasteiger partial charge in [0, 0.05) is 45.4 Å². The van der Waals surface area contributed by atoms with Crippen LogP contribution in [0.15, 0.2) is 82.4 Å². The van der Waals surface area contributed by atoms with Gasteiger partial charge in [-0.2, -0.15) is 0 Å². The van der Waals surface area contributed by atoms with Crippen molar-refractivity contribution in [1.82, 2.24) is 0 Å². The zero-order valence-corrected chi connectivity index (χ0v) is 28.4. The van der Waals surface area contributed by atoms with E-state index in [1.165, 1.54) is 37.3 Å². The Kier molecular flexibility index (Phi) is 11.4. The molecule has 4 aliphatic rings. The monoisotopic (exact) mass is 696 g/mol. The molecule has 0 amide bonds. The van der Waals surface area contributed by atoms with E-state index < -0.39 is 70.6 Å². The first-order valence-corrected chi connectivity index (χ1v) is 16.1. The number of aliphatic hydroxyl groups excluding tert-OH is 2. The van der Waals surface area contributed by atoms with Crippen molar-refractivity contribution in [3.8, 4) is 0 Å². The fourth-order valence-electron chi connectivity index (χ4n) is 5.42. The predicted molar refractivity (Wildman–Crippen MR) is 172 cm³/mol. The molecule has 0 radical (unpaired) electrons. The molecule has 14 nitrogen and oxygen atoms in total. The van der Waals surface area contributed by atoms with Crippen molar-refractivity contribution in [2.75, 3.05) is 0 Å². The zero-order valence-electron chi connectivity index (χ0n) is 28.4. The summed E-state index contributed by atoms with van der Waals surface area (Å²) in [5, 5.41) is 20.0. The number of cyclic esters (lactones) is 1. The first-order chi connectivity index (χ1) is 23.5. The van der Waals surface area contributed by atoms with Crippen molar-refractivity contribution < 1.29 is 67.4 Å². The number of ketones is 1. The molecule has 4 rings (SSSR count). The van der Waals surface area contributed by atoms with E-state index in [4.69, 9.17) is 28.4 Å². The highest BCUT2D eigenvalue weighted by atomic mass is 16.8. The van der Waals surface area contributed by atoms with Gasteiger partial charge in [0.15, 0.2) is 5.78 Å². The van der Waals surface area contributed by atoms with Crippen LogP contribution in [0.4, 0.5) is 0 Å². The van der Waals surface area contributed by atoms with E-state index in [0.29, 0.717) is 5.57 Å². The summed E-state index contributed by atoms with van der Waals surface area (Å²) in [6.45, 7) is 8.24. The standard InChI is InChI=1S/C36H40O14/c1-6-8-21(3)9-12-24-30(41)47-35(48-31(24)42)17-19-36(20-18-35)49-32(43)25(33(44)50-36)14-11-22(4)10-13-23-28(39)45-34(5,46-29(23)40)16-15-27(38)26(37)7-2/h6,8-14,26,37,39H,7,15-20H2,1-5H3/b8-6+,13-10?,21-9+,22-11?,24-12?,25-14?. The van der Waals surface area contributed by atoms with Crippen molar-refractivity contribution in [2.45, 2.75) is 103 Å². The fourth-order valence-corrected chi connectivity index (χ4v) is 5.42. The second kappa shape index (κ2) is 15.1. The van der Waals surface area contributed by atoms with E-state index >= 15 is 0 Å². The summed E-state index contributed by atoms with van der Waals surface area (Å²) >= 11 is 0. The molecule has 2 saturated heterocycles. The number of rotatable bonds is 10. The average molecular weight is 697 g/mol. The Balaban J connectivity index is 1.36. The molecule has 3 heterocycles. The van der Waals surface area contributed by atoms with E-state index in [0.717, 1.165) is 5.57 Å². The van der Waals surface area contributed by atoms with Gasteiger partial charge in [0.1, 0.15) is 22.8 Å². The van der Waals surface area contributed by atoms with Crippen LogP contribution in [0.5, 0.6) is 0 Å². The third-order valence-corrected chi connectivity index (χ3v) is 8.39. The average Bonchev–Trinajstić information content (AvgIpc) is 3.04. The molecular formula is C36H40O14. The Bertz CT molecular complexity index is 1630. The van der Waals surface area contributed by atoms with Gasteiger partial charge in [-0.25, -0.2) is 24.0 Å². The third-order valence-electron chi connectivity index (χ3n) is 8.39. The molecule has 2 N–H and O–H groups in total. The van der Waals surface area contributed by atoms with Gasteiger partial charge in [0.25, 0.3) is 23.3 Å². The van der Waals surface area contributed by atoms with Crippen LogP contribution in [0.2, 0.25) is 0 Å². The van der Waals surface area contributed by atoms with Gasteiger partial charge in [-0.1, -0.05) is 48.5 Å². The van der Waals surface area contributed by atoms with Crippen molar-refractivity contribution >= 4 is 35.6 Å². The summed E-state index contributed by atoms with van der Waals surface area (Å²) in [7, 11) is 0. The number of esters is 5. The number of hydrogen-bond donors (Lipinski definition) is 2. The van der Waals surface area contributed by atoms with E-state index in [9.17, 15) is 39.0 Å². The van der Waals surface area contributed by atoms with Crippen molar-refractivity contribution in [1.29, 1.82) is 0 Å². The molecule has 1 aliphatic carbocycles. The quantitative estimate of drug-likeness (QED) is 0.108. The maximum atomic E-state index is 12.9. The van der Waals surface area contributed by atoms with Crippen LogP contribution >= 0.6 is 0 Å². The number of hydrogen-bond acceptors (Lipinski definition) is 14.